The van der Waals surface area contributed by atoms with Crippen LogP contribution in [0.1, 0.15) is 81.0 Å². The standard InChI is InChI=1S/C30H42NO3P/c1-7-8-14-34-29(32)21-30(6,26-12-10-9-11-13-26)31-35(33,27-17-22(2)15-23(3)18-27)28-19-24(4)16-25(5)20-28/h12,15-20H,7-11,13-14,21H2,1-6H3,(H,31,33). The summed E-state index contributed by atoms with van der Waals surface area (Å²) in [5.74, 6) is -0.243. The van der Waals surface area contributed by atoms with Gasteiger partial charge < -0.3 is 4.74 Å². The smallest absolute Gasteiger partial charge is 0.308 e. The van der Waals surface area contributed by atoms with Crippen molar-refractivity contribution in [3.63, 3.8) is 0 Å². The summed E-state index contributed by atoms with van der Waals surface area (Å²) in [7, 11) is -3.31. The van der Waals surface area contributed by atoms with E-state index >= 15 is 4.57 Å². The van der Waals surface area contributed by atoms with Crippen molar-refractivity contribution in [2.45, 2.75) is 92.0 Å². The minimum atomic E-state index is -3.31. The van der Waals surface area contributed by atoms with E-state index in [-0.39, 0.29) is 12.4 Å². The highest BCUT2D eigenvalue weighted by Gasteiger charge is 2.41. The van der Waals surface area contributed by atoms with Crippen molar-refractivity contribution < 1.29 is 14.1 Å². The van der Waals surface area contributed by atoms with Crippen LogP contribution in [-0.4, -0.2) is 18.1 Å². The molecule has 2 aromatic carbocycles. The molecular weight excluding hydrogens is 453 g/mol. The van der Waals surface area contributed by atoms with Gasteiger partial charge >= 0.3 is 5.97 Å². The molecule has 1 atom stereocenters. The summed E-state index contributed by atoms with van der Waals surface area (Å²) in [6, 6.07) is 12.3. The Morgan fingerprint density at radius 2 is 1.49 bits per heavy atom. The van der Waals surface area contributed by atoms with Gasteiger partial charge in [-0.2, -0.15) is 0 Å². The molecule has 1 unspecified atom stereocenters. The molecule has 0 aromatic heterocycles. The van der Waals surface area contributed by atoms with E-state index in [2.05, 4.69) is 30.2 Å². The maximum atomic E-state index is 15.2. The third-order valence-electron chi connectivity index (χ3n) is 6.80. The van der Waals surface area contributed by atoms with Crippen molar-refractivity contribution >= 4 is 23.9 Å². The number of ether oxygens (including phenoxy) is 1. The number of carbonyl (C=O) groups excluding carboxylic acids is 1. The fourth-order valence-corrected chi connectivity index (χ4v) is 8.14. The van der Waals surface area contributed by atoms with Crippen LogP contribution in [0.5, 0.6) is 0 Å². The predicted molar refractivity (Wildman–Crippen MR) is 147 cm³/mol. The zero-order valence-electron chi connectivity index (χ0n) is 22.4. The van der Waals surface area contributed by atoms with Crippen molar-refractivity contribution in [1.29, 1.82) is 0 Å². The Labute approximate surface area is 212 Å². The number of hydrogen-bond donors (Lipinski definition) is 1. The van der Waals surface area contributed by atoms with E-state index in [0.29, 0.717) is 6.61 Å². The second-order valence-electron chi connectivity index (χ2n) is 10.5. The summed E-state index contributed by atoms with van der Waals surface area (Å²) in [6.45, 7) is 12.7. The number of unbranched alkanes of at least 4 members (excludes halogenated alkanes) is 1. The van der Waals surface area contributed by atoms with Crippen molar-refractivity contribution in [3.8, 4) is 0 Å². The van der Waals surface area contributed by atoms with E-state index in [0.717, 1.165) is 77.0 Å². The first-order valence-electron chi connectivity index (χ1n) is 13.0. The quantitative estimate of drug-likeness (QED) is 0.172. The number of rotatable bonds is 10. The molecule has 4 nitrogen and oxygen atoms in total. The van der Waals surface area contributed by atoms with E-state index < -0.39 is 12.8 Å². The molecule has 2 aromatic rings. The number of carbonyl (C=O) groups is 1. The molecular formula is C30H42NO3P. The zero-order chi connectivity index (χ0) is 25.6. The molecule has 190 valence electrons. The Kier molecular flexibility index (Phi) is 9.18. The van der Waals surface area contributed by atoms with Crippen LogP contribution in [0.3, 0.4) is 0 Å². The van der Waals surface area contributed by atoms with Crippen LogP contribution in [0.25, 0.3) is 0 Å². The molecule has 0 saturated heterocycles. The third-order valence-corrected chi connectivity index (χ3v) is 9.58. The third kappa shape index (κ3) is 6.96. The summed E-state index contributed by atoms with van der Waals surface area (Å²) in [4.78, 5) is 13.0. The number of esters is 1. The Balaban J connectivity index is 2.13. The largest absolute Gasteiger partial charge is 0.466 e. The molecule has 1 aliphatic carbocycles. The summed E-state index contributed by atoms with van der Waals surface area (Å²) in [6.07, 6.45) is 8.31. The second-order valence-corrected chi connectivity index (χ2v) is 12.9. The molecule has 0 bridgehead atoms. The topological polar surface area (TPSA) is 55.4 Å². The number of aryl methyl sites for hydroxylation is 4. The first-order chi connectivity index (χ1) is 16.6. The van der Waals surface area contributed by atoms with Crippen molar-refractivity contribution in [3.05, 3.63) is 70.3 Å². The molecule has 1 N–H and O–H groups in total. The highest BCUT2D eigenvalue weighted by molar-refractivity contribution is 7.77. The fourth-order valence-electron chi connectivity index (χ4n) is 5.12. The van der Waals surface area contributed by atoms with Crippen LogP contribution in [0, 0.1) is 27.7 Å². The van der Waals surface area contributed by atoms with Crippen LogP contribution in [-0.2, 0) is 14.1 Å². The number of allylic oxidation sites excluding steroid dienone is 1. The van der Waals surface area contributed by atoms with Gasteiger partial charge in [0.05, 0.1) is 18.6 Å². The first-order valence-corrected chi connectivity index (χ1v) is 14.7. The Morgan fingerprint density at radius 1 is 0.943 bits per heavy atom. The fraction of sp³-hybridized carbons (Fsp3) is 0.500. The number of hydrogen-bond acceptors (Lipinski definition) is 3. The lowest BCUT2D eigenvalue weighted by Gasteiger charge is -2.38. The Bertz CT molecular complexity index is 1040. The van der Waals surface area contributed by atoms with Crippen molar-refractivity contribution in [2.75, 3.05) is 6.61 Å². The summed E-state index contributed by atoms with van der Waals surface area (Å²) in [5.41, 5.74) is 4.68. The number of benzene rings is 2. The zero-order valence-corrected chi connectivity index (χ0v) is 23.3. The normalized spacial score (nSPS) is 15.9. The molecule has 5 heteroatoms. The molecule has 35 heavy (non-hydrogen) atoms. The van der Waals surface area contributed by atoms with Gasteiger partial charge in [-0.15, -0.1) is 0 Å². The lowest BCUT2D eigenvalue weighted by atomic mass is 9.82. The van der Waals surface area contributed by atoms with Crippen LogP contribution < -0.4 is 15.7 Å². The highest BCUT2D eigenvalue weighted by atomic mass is 31.2. The molecule has 0 aliphatic heterocycles. The second kappa shape index (κ2) is 11.7. The van der Waals surface area contributed by atoms with Gasteiger partial charge in [-0.1, -0.05) is 59.4 Å². The molecule has 0 fully saturated rings. The molecule has 0 amide bonds. The minimum Gasteiger partial charge on any atom is -0.466 e. The first kappa shape index (κ1) is 27.4. The van der Waals surface area contributed by atoms with Crippen molar-refractivity contribution in [2.24, 2.45) is 0 Å². The average Bonchev–Trinajstić information content (AvgIpc) is 2.78. The predicted octanol–water partition coefficient (Wildman–Crippen LogP) is 6.73. The van der Waals surface area contributed by atoms with E-state index in [9.17, 15) is 4.79 Å². The van der Waals surface area contributed by atoms with Gasteiger partial charge in [0.15, 0.2) is 0 Å². The summed E-state index contributed by atoms with van der Waals surface area (Å²) >= 11 is 0. The maximum Gasteiger partial charge on any atom is 0.308 e. The van der Waals surface area contributed by atoms with Gasteiger partial charge in [0.25, 0.3) is 0 Å². The minimum absolute atomic E-state index is 0.155. The number of nitrogens with one attached hydrogen (secondary N) is 1. The highest BCUT2D eigenvalue weighted by Crippen LogP contribution is 2.46. The van der Waals surface area contributed by atoms with Crippen LogP contribution in [0.2, 0.25) is 0 Å². The van der Waals surface area contributed by atoms with Crippen molar-refractivity contribution in [1.82, 2.24) is 5.09 Å². The van der Waals surface area contributed by atoms with Gasteiger partial charge in [0.2, 0.25) is 7.29 Å². The molecule has 1 aliphatic rings. The van der Waals surface area contributed by atoms with E-state index in [4.69, 9.17) is 4.74 Å². The molecule has 0 heterocycles. The Hall–Kier alpha value is -2.16. The SMILES string of the molecule is CCCCOC(=O)CC(C)(NP(=O)(c1cc(C)cc(C)c1)c1cc(C)cc(C)c1)C1=CCCCC1. The van der Waals surface area contributed by atoms with Gasteiger partial charge in [-0.05, 0) is 91.0 Å². The van der Waals surface area contributed by atoms with Crippen LogP contribution >= 0.6 is 7.29 Å². The lowest BCUT2D eigenvalue weighted by molar-refractivity contribution is -0.144. The average molecular weight is 496 g/mol. The maximum absolute atomic E-state index is 15.2. The van der Waals surface area contributed by atoms with Crippen LogP contribution in [0.15, 0.2) is 48.0 Å². The van der Waals surface area contributed by atoms with E-state index in [1.54, 1.807) is 0 Å². The van der Waals surface area contributed by atoms with Gasteiger partial charge in [-0.3, -0.25) is 9.36 Å². The van der Waals surface area contributed by atoms with Gasteiger partial charge in [0, 0.05) is 10.6 Å². The molecule has 0 saturated carbocycles. The summed E-state index contributed by atoms with van der Waals surface area (Å²) < 4.78 is 20.8. The van der Waals surface area contributed by atoms with Gasteiger partial charge in [0.1, 0.15) is 0 Å². The van der Waals surface area contributed by atoms with E-state index in [1.165, 1.54) is 0 Å². The summed E-state index contributed by atoms with van der Waals surface area (Å²) in [5, 5.41) is 5.19. The molecule has 3 rings (SSSR count). The van der Waals surface area contributed by atoms with Gasteiger partial charge in [-0.25, -0.2) is 5.09 Å². The van der Waals surface area contributed by atoms with Crippen LogP contribution in [0.4, 0.5) is 0 Å². The lowest BCUT2D eigenvalue weighted by Crippen LogP contribution is -2.48. The van der Waals surface area contributed by atoms with E-state index in [1.807, 2.05) is 58.9 Å². The molecule has 0 radical (unpaired) electrons. The monoisotopic (exact) mass is 495 g/mol. The Morgan fingerprint density at radius 3 is 1.94 bits per heavy atom. The molecule has 0 spiro atoms.